The van der Waals surface area contributed by atoms with E-state index in [-0.39, 0.29) is 11.8 Å². The first-order valence-corrected chi connectivity index (χ1v) is 6.70. The summed E-state index contributed by atoms with van der Waals surface area (Å²) in [5.41, 5.74) is 0. The molecule has 0 radical (unpaired) electrons. The maximum atomic E-state index is 11.8. The summed E-state index contributed by atoms with van der Waals surface area (Å²) in [6.45, 7) is 0.691. The van der Waals surface area contributed by atoms with E-state index in [1.54, 1.807) is 12.1 Å². The van der Waals surface area contributed by atoms with Crippen molar-refractivity contribution in [3.63, 3.8) is 0 Å². The minimum atomic E-state index is -0.425. The van der Waals surface area contributed by atoms with Gasteiger partial charge in [-0.3, -0.25) is 9.59 Å². The summed E-state index contributed by atoms with van der Waals surface area (Å²) in [4.78, 5) is 24.0. The zero-order chi connectivity index (χ0) is 12.3. The Hall–Kier alpha value is -1.07. The fourth-order valence-electron chi connectivity index (χ4n) is 1.74. The van der Waals surface area contributed by atoms with Gasteiger partial charge in [0.05, 0.1) is 9.21 Å². The lowest BCUT2D eigenvalue weighted by Crippen LogP contribution is -2.45. The van der Waals surface area contributed by atoms with Gasteiger partial charge in [0.15, 0.2) is 0 Å². The first-order valence-electron chi connectivity index (χ1n) is 5.51. The molecule has 1 aliphatic rings. The molecule has 92 valence electrons. The van der Waals surface area contributed by atoms with Crippen molar-refractivity contribution in [3.05, 3.63) is 21.3 Å². The molecule has 0 aliphatic carbocycles. The van der Waals surface area contributed by atoms with Crippen LogP contribution < -0.4 is 10.6 Å². The van der Waals surface area contributed by atoms with E-state index in [0.717, 1.165) is 12.8 Å². The van der Waals surface area contributed by atoms with Crippen LogP contribution in [0.15, 0.2) is 12.1 Å². The molecule has 0 saturated carbocycles. The molecular weight excluding hydrogens is 260 g/mol. The monoisotopic (exact) mass is 272 g/mol. The van der Waals surface area contributed by atoms with Crippen molar-refractivity contribution < 1.29 is 9.59 Å². The fraction of sp³-hybridized carbons (Fsp3) is 0.455. The molecule has 1 aromatic rings. The summed E-state index contributed by atoms with van der Waals surface area (Å²) >= 11 is 6.97. The van der Waals surface area contributed by atoms with Gasteiger partial charge in [-0.1, -0.05) is 11.6 Å². The lowest BCUT2D eigenvalue weighted by Gasteiger charge is -2.14. The molecule has 2 heterocycles. The Morgan fingerprint density at radius 2 is 2.29 bits per heavy atom. The summed E-state index contributed by atoms with van der Waals surface area (Å²) in [6, 6.07) is 2.91. The largest absolute Gasteiger partial charge is 0.354 e. The molecule has 4 nitrogen and oxygen atoms in total. The summed E-state index contributed by atoms with van der Waals surface area (Å²) < 4.78 is 0.570. The molecule has 1 saturated heterocycles. The average Bonchev–Trinajstić information content (AvgIpc) is 2.63. The molecule has 0 aromatic carbocycles. The standard InChI is InChI=1S/C11H13ClN2O2S/c12-9-5-4-8(17-9)11(16)14-7-3-1-2-6-13-10(7)15/h4-5,7H,1-3,6H2,(H,13,15)(H,14,16)/t7-/m0/s1. The molecule has 17 heavy (non-hydrogen) atoms. The Morgan fingerprint density at radius 1 is 1.47 bits per heavy atom. The van der Waals surface area contributed by atoms with Gasteiger partial charge in [0, 0.05) is 6.54 Å². The molecule has 2 N–H and O–H groups in total. The highest BCUT2D eigenvalue weighted by Crippen LogP contribution is 2.21. The third kappa shape index (κ3) is 3.20. The van der Waals surface area contributed by atoms with E-state index in [0.29, 0.717) is 22.2 Å². The highest BCUT2D eigenvalue weighted by Gasteiger charge is 2.23. The second-order valence-electron chi connectivity index (χ2n) is 3.92. The van der Waals surface area contributed by atoms with Crippen LogP contribution in [0.4, 0.5) is 0 Å². The van der Waals surface area contributed by atoms with Crippen LogP contribution in [-0.4, -0.2) is 24.4 Å². The zero-order valence-electron chi connectivity index (χ0n) is 9.16. The van der Waals surface area contributed by atoms with Crippen LogP contribution >= 0.6 is 22.9 Å². The maximum Gasteiger partial charge on any atom is 0.262 e. The quantitative estimate of drug-likeness (QED) is 0.863. The van der Waals surface area contributed by atoms with Crippen molar-refractivity contribution in [3.8, 4) is 0 Å². The van der Waals surface area contributed by atoms with Crippen LogP contribution in [0, 0.1) is 0 Å². The highest BCUT2D eigenvalue weighted by molar-refractivity contribution is 7.18. The van der Waals surface area contributed by atoms with Crippen molar-refractivity contribution in [2.24, 2.45) is 0 Å². The molecule has 0 unspecified atom stereocenters. The number of hydrogen-bond donors (Lipinski definition) is 2. The van der Waals surface area contributed by atoms with Crippen molar-refractivity contribution >= 4 is 34.8 Å². The predicted octanol–water partition coefficient (Wildman–Crippen LogP) is 1.80. The van der Waals surface area contributed by atoms with E-state index < -0.39 is 6.04 Å². The lowest BCUT2D eigenvalue weighted by atomic mass is 10.1. The van der Waals surface area contributed by atoms with E-state index in [2.05, 4.69) is 10.6 Å². The van der Waals surface area contributed by atoms with Crippen LogP contribution in [-0.2, 0) is 4.79 Å². The third-order valence-electron chi connectivity index (χ3n) is 2.64. The summed E-state index contributed by atoms with van der Waals surface area (Å²) in [5, 5.41) is 5.52. The Morgan fingerprint density at radius 3 is 3.00 bits per heavy atom. The number of nitrogens with one attached hydrogen (secondary N) is 2. The van der Waals surface area contributed by atoms with Crippen molar-refractivity contribution in [1.29, 1.82) is 0 Å². The number of amides is 2. The molecule has 1 aromatic heterocycles. The van der Waals surface area contributed by atoms with Crippen LogP contribution in [0.5, 0.6) is 0 Å². The molecule has 1 atom stereocenters. The molecule has 2 amide bonds. The van der Waals surface area contributed by atoms with E-state index in [1.165, 1.54) is 11.3 Å². The molecule has 0 bridgehead atoms. The van der Waals surface area contributed by atoms with E-state index in [1.807, 2.05) is 0 Å². The number of carbonyl (C=O) groups is 2. The minimum Gasteiger partial charge on any atom is -0.354 e. The number of carbonyl (C=O) groups excluding carboxylic acids is 2. The van der Waals surface area contributed by atoms with Gasteiger partial charge in [-0.05, 0) is 31.4 Å². The van der Waals surface area contributed by atoms with Gasteiger partial charge < -0.3 is 10.6 Å². The molecule has 6 heteroatoms. The number of halogens is 1. The van der Waals surface area contributed by atoms with Crippen LogP contribution in [0.3, 0.4) is 0 Å². The van der Waals surface area contributed by atoms with E-state index in [9.17, 15) is 9.59 Å². The zero-order valence-corrected chi connectivity index (χ0v) is 10.7. The fourth-order valence-corrected chi connectivity index (χ4v) is 2.69. The van der Waals surface area contributed by atoms with Gasteiger partial charge in [0.1, 0.15) is 6.04 Å². The van der Waals surface area contributed by atoms with Crippen LogP contribution in [0.25, 0.3) is 0 Å². The Balaban J connectivity index is 1.99. The van der Waals surface area contributed by atoms with Gasteiger partial charge in [-0.2, -0.15) is 0 Å². The topological polar surface area (TPSA) is 58.2 Å². The SMILES string of the molecule is O=C(N[C@H]1CCCCNC1=O)c1ccc(Cl)s1. The first kappa shape index (κ1) is 12.4. The Kier molecular flexibility index (Phi) is 4.02. The third-order valence-corrected chi connectivity index (χ3v) is 3.87. The second-order valence-corrected chi connectivity index (χ2v) is 5.63. The van der Waals surface area contributed by atoms with Crippen molar-refractivity contribution in [2.75, 3.05) is 6.54 Å². The Bertz CT molecular complexity index is 433. The first-order chi connectivity index (χ1) is 8.16. The van der Waals surface area contributed by atoms with E-state index >= 15 is 0 Å². The predicted molar refractivity (Wildman–Crippen MR) is 67.4 cm³/mol. The van der Waals surface area contributed by atoms with Crippen LogP contribution in [0.2, 0.25) is 4.34 Å². The number of rotatable bonds is 2. The summed E-state index contributed by atoms with van der Waals surface area (Å²) in [5.74, 6) is -0.331. The van der Waals surface area contributed by atoms with Gasteiger partial charge >= 0.3 is 0 Å². The van der Waals surface area contributed by atoms with Crippen molar-refractivity contribution in [2.45, 2.75) is 25.3 Å². The highest BCUT2D eigenvalue weighted by atomic mass is 35.5. The van der Waals surface area contributed by atoms with Gasteiger partial charge in [-0.15, -0.1) is 11.3 Å². The smallest absolute Gasteiger partial charge is 0.262 e. The molecule has 1 aliphatic heterocycles. The maximum absolute atomic E-state index is 11.8. The van der Waals surface area contributed by atoms with E-state index in [4.69, 9.17) is 11.6 Å². The van der Waals surface area contributed by atoms with Gasteiger partial charge in [-0.25, -0.2) is 0 Å². The lowest BCUT2D eigenvalue weighted by molar-refractivity contribution is -0.122. The normalized spacial score (nSPS) is 20.5. The summed E-state index contributed by atoms with van der Waals surface area (Å²) in [6.07, 6.45) is 2.59. The minimum absolute atomic E-state index is 0.0986. The Labute approximate surface area is 108 Å². The molecular formula is C11H13ClN2O2S. The second kappa shape index (κ2) is 5.51. The average molecular weight is 273 g/mol. The molecule has 2 rings (SSSR count). The molecule has 1 fully saturated rings. The van der Waals surface area contributed by atoms with Gasteiger partial charge in [0.25, 0.3) is 5.91 Å². The summed E-state index contributed by atoms with van der Waals surface area (Å²) in [7, 11) is 0. The number of hydrogen-bond acceptors (Lipinski definition) is 3. The van der Waals surface area contributed by atoms with Crippen molar-refractivity contribution in [1.82, 2.24) is 10.6 Å². The van der Waals surface area contributed by atoms with Crippen LogP contribution in [0.1, 0.15) is 28.9 Å². The molecule has 0 spiro atoms. The van der Waals surface area contributed by atoms with Gasteiger partial charge in [0.2, 0.25) is 5.91 Å². The number of thiophene rings is 1.